The molecular formula is C23H23NO4S. The van der Waals surface area contributed by atoms with Crippen LogP contribution in [0, 0.1) is 5.92 Å². The van der Waals surface area contributed by atoms with Crippen LogP contribution in [0.4, 0.5) is 0 Å². The van der Waals surface area contributed by atoms with Gasteiger partial charge in [-0.25, -0.2) is 4.79 Å². The van der Waals surface area contributed by atoms with E-state index in [-0.39, 0.29) is 5.56 Å². The first-order chi connectivity index (χ1) is 14.0. The van der Waals surface area contributed by atoms with Crippen LogP contribution in [0.2, 0.25) is 0 Å². The summed E-state index contributed by atoms with van der Waals surface area (Å²) in [6, 6.07) is 15.0. The van der Waals surface area contributed by atoms with Gasteiger partial charge in [-0.15, -0.1) is 11.8 Å². The number of hydrogen-bond donors (Lipinski definition) is 1. The van der Waals surface area contributed by atoms with Crippen LogP contribution in [0.15, 0.2) is 58.4 Å². The van der Waals surface area contributed by atoms with E-state index < -0.39 is 12.0 Å². The fourth-order valence-corrected chi connectivity index (χ4v) is 4.95. The first-order valence-corrected chi connectivity index (χ1v) is 10.7. The van der Waals surface area contributed by atoms with Gasteiger partial charge in [0.2, 0.25) is 0 Å². The first kappa shape index (κ1) is 19.6. The van der Waals surface area contributed by atoms with Crippen molar-refractivity contribution >= 4 is 28.5 Å². The molecule has 2 aromatic carbocycles. The highest BCUT2D eigenvalue weighted by Gasteiger charge is 2.33. The molecule has 0 amide bonds. The number of carboxylic acid groups (broad SMARTS) is 1. The standard InChI is InChI=1S/C23H23NO4S/c1-14(2)12-28-21-17(10-16-8-5-7-15-6-3-4-9-18(15)16)11-20(25)24-19(23(26)27)13-29-22(21)24/h3-9,11,14,19H,10,12-13H2,1-2H3,(H,26,27)/t19-/m0/s1. The Morgan fingerprint density at radius 2 is 1.97 bits per heavy atom. The van der Waals surface area contributed by atoms with Crippen LogP contribution in [-0.2, 0) is 11.2 Å². The highest BCUT2D eigenvalue weighted by atomic mass is 32.2. The normalized spacial score (nSPS) is 15.6. The molecule has 2 heterocycles. The van der Waals surface area contributed by atoms with Gasteiger partial charge in [0.1, 0.15) is 11.1 Å². The highest BCUT2D eigenvalue weighted by molar-refractivity contribution is 7.99. The summed E-state index contributed by atoms with van der Waals surface area (Å²) in [5.41, 5.74) is 1.63. The fourth-order valence-electron chi connectivity index (χ4n) is 3.66. The summed E-state index contributed by atoms with van der Waals surface area (Å²) < 4.78 is 7.51. The second-order valence-electron chi connectivity index (χ2n) is 7.70. The molecule has 1 N–H and O–H groups in total. The van der Waals surface area contributed by atoms with E-state index in [1.165, 1.54) is 16.3 Å². The average Bonchev–Trinajstić information content (AvgIpc) is 3.14. The van der Waals surface area contributed by atoms with Crippen molar-refractivity contribution in [1.82, 2.24) is 4.57 Å². The van der Waals surface area contributed by atoms with E-state index in [0.29, 0.717) is 35.5 Å². The van der Waals surface area contributed by atoms with Crippen molar-refractivity contribution in [3.63, 3.8) is 0 Å². The average molecular weight is 410 g/mol. The highest BCUT2D eigenvalue weighted by Crippen LogP contribution is 2.41. The summed E-state index contributed by atoms with van der Waals surface area (Å²) >= 11 is 1.38. The van der Waals surface area contributed by atoms with Gasteiger partial charge in [0.25, 0.3) is 5.56 Å². The third-order valence-electron chi connectivity index (χ3n) is 5.04. The summed E-state index contributed by atoms with van der Waals surface area (Å²) in [4.78, 5) is 24.4. The lowest BCUT2D eigenvalue weighted by Gasteiger charge is -2.18. The zero-order valence-electron chi connectivity index (χ0n) is 16.4. The van der Waals surface area contributed by atoms with Crippen molar-refractivity contribution in [2.24, 2.45) is 5.92 Å². The van der Waals surface area contributed by atoms with Crippen molar-refractivity contribution in [1.29, 1.82) is 0 Å². The topological polar surface area (TPSA) is 68.5 Å². The van der Waals surface area contributed by atoms with Crippen molar-refractivity contribution in [2.45, 2.75) is 31.3 Å². The molecule has 1 aliphatic heterocycles. The van der Waals surface area contributed by atoms with Crippen LogP contribution in [0.3, 0.4) is 0 Å². The van der Waals surface area contributed by atoms with Crippen molar-refractivity contribution in [3.05, 3.63) is 70.0 Å². The Morgan fingerprint density at radius 1 is 1.21 bits per heavy atom. The predicted molar refractivity (Wildman–Crippen MR) is 115 cm³/mol. The number of aromatic nitrogens is 1. The number of carbonyl (C=O) groups is 1. The van der Waals surface area contributed by atoms with E-state index in [9.17, 15) is 14.7 Å². The Hall–Kier alpha value is -2.73. The van der Waals surface area contributed by atoms with Gasteiger partial charge in [0.05, 0.1) is 6.61 Å². The Kier molecular flexibility index (Phi) is 5.37. The third kappa shape index (κ3) is 3.77. The summed E-state index contributed by atoms with van der Waals surface area (Å²) in [6.07, 6.45) is 0.552. The van der Waals surface area contributed by atoms with E-state index >= 15 is 0 Å². The monoisotopic (exact) mass is 409 g/mol. The molecule has 6 heteroatoms. The van der Waals surface area contributed by atoms with Gasteiger partial charge >= 0.3 is 5.97 Å². The summed E-state index contributed by atoms with van der Waals surface area (Å²) in [7, 11) is 0. The molecule has 0 bridgehead atoms. The zero-order valence-corrected chi connectivity index (χ0v) is 17.2. The third-order valence-corrected chi connectivity index (χ3v) is 6.17. The number of thioether (sulfide) groups is 1. The number of pyridine rings is 1. The predicted octanol–water partition coefficient (Wildman–Crippen LogP) is 4.36. The minimum Gasteiger partial charge on any atom is -0.490 e. The molecule has 1 aromatic heterocycles. The molecule has 150 valence electrons. The summed E-state index contributed by atoms with van der Waals surface area (Å²) in [5.74, 6) is 0.296. The summed E-state index contributed by atoms with van der Waals surface area (Å²) in [5, 5.41) is 12.4. The van der Waals surface area contributed by atoms with Crippen LogP contribution in [0.25, 0.3) is 10.8 Å². The smallest absolute Gasteiger partial charge is 0.327 e. The second kappa shape index (κ2) is 7.95. The van der Waals surface area contributed by atoms with Crippen LogP contribution in [-0.4, -0.2) is 28.0 Å². The SMILES string of the molecule is CC(C)COc1c(Cc2cccc3ccccc23)cc(=O)n2c1SC[C@H]2C(=O)O. The van der Waals surface area contributed by atoms with Gasteiger partial charge in [-0.3, -0.25) is 9.36 Å². The number of hydrogen-bond acceptors (Lipinski definition) is 4. The Morgan fingerprint density at radius 3 is 2.72 bits per heavy atom. The van der Waals surface area contributed by atoms with Gasteiger partial charge in [0, 0.05) is 23.8 Å². The largest absolute Gasteiger partial charge is 0.490 e. The number of rotatable bonds is 6. The molecule has 0 unspecified atom stereocenters. The zero-order chi connectivity index (χ0) is 20.5. The van der Waals surface area contributed by atoms with Gasteiger partial charge in [-0.2, -0.15) is 0 Å². The minimum atomic E-state index is -0.991. The number of ether oxygens (including phenoxy) is 1. The van der Waals surface area contributed by atoms with Gasteiger partial charge in [0.15, 0.2) is 5.75 Å². The van der Waals surface area contributed by atoms with Crippen LogP contribution in [0.5, 0.6) is 5.75 Å². The van der Waals surface area contributed by atoms with E-state index in [0.717, 1.165) is 21.9 Å². The lowest BCUT2D eigenvalue weighted by atomic mass is 9.98. The molecule has 0 aliphatic carbocycles. The van der Waals surface area contributed by atoms with Crippen molar-refractivity contribution < 1.29 is 14.6 Å². The van der Waals surface area contributed by atoms with Gasteiger partial charge in [-0.1, -0.05) is 56.3 Å². The number of carboxylic acids is 1. The van der Waals surface area contributed by atoms with E-state index in [4.69, 9.17) is 4.74 Å². The number of nitrogens with zero attached hydrogens (tertiary/aromatic N) is 1. The molecule has 4 rings (SSSR count). The van der Waals surface area contributed by atoms with Crippen LogP contribution < -0.4 is 10.3 Å². The molecule has 1 aliphatic rings. The minimum absolute atomic E-state index is 0.287. The molecule has 0 saturated carbocycles. The maximum atomic E-state index is 12.8. The first-order valence-electron chi connectivity index (χ1n) is 9.69. The molecule has 5 nitrogen and oxygen atoms in total. The maximum Gasteiger partial charge on any atom is 0.327 e. The summed E-state index contributed by atoms with van der Waals surface area (Å²) in [6.45, 7) is 4.63. The number of fused-ring (bicyclic) bond motifs is 2. The molecule has 29 heavy (non-hydrogen) atoms. The Labute approximate surface area is 173 Å². The van der Waals surface area contributed by atoms with Gasteiger partial charge < -0.3 is 9.84 Å². The molecule has 1 atom stereocenters. The molecular weight excluding hydrogens is 386 g/mol. The lowest BCUT2D eigenvalue weighted by Crippen LogP contribution is -2.29. The molecule has 3 aromatic rings. The number of benzene rings is 2. The van der Waals surface area contributed by atoms with Crippen molar-refractivity contribution in [2.75, 3.05) is 12.4 Å². The Balaban J connectivity index is 1.83. The van der Waals surface area contributed by atoms with Gasteiger partial charge in [-0.05, 0) is 22.3 Å². The fraction of sp³-hybridized carbons (Fsp3) is 0.304. The van der Waals surface area contributed by atoms with E-state index in [1.54, 1.807) is 6.07 Å². The van der Waals surface area contributed by atoms with Crippen molar-refractivity contribution in [3.8, 4) is 5.75 Å². The second-order valence-corrected chi connectivity index (χ2v) is 8.71. The molecule has 0 radical (unpaired) electrons. The molecule has 0 fully saturated rings. The maximum absolute atomic E-state index is 12.8. The molecule has 0 saturated heterocycles. The van der Waals surface area contributed by atoms with E-state index in [2.05, 4.69) is 38.1 Å². The molecule has 0 spiro atoms. The lowest BCUT2D eigenvalue weighted by molar-refractivity contribution is -0.140. The van der Waals surface area contributed by atoms with E-state index in [1.807, 2.05) is 18.2 Å². The van der Waals surface area contributed by atoms with Crippen LogP contribution in [0.1, 0.15) is 31.0 Å². The quantitative estimate of drug-likeness (QED) is 0.655. The van der Waals surface area contributed by atoms with Crippen LogP contribution >= 0.6 is 11.8 Å². The number of aliphatic carboxylic acids is 1. The Bertz CT molecular complexity index is 1130.